The van der Waals surface area contributed by atoms with Crippen LogP contribution in [0.3, 0.4) is 0 Å². The summed E-state index contributed by atoms with van der Waals surface area (Å²) in [5.74, 6) is 1.18. The number of H-pyrrole nitrogens is 1. The van der Waals surface area contributed by atoms with Crippen molar-refractivity contribution in [2.45, 2.75) is 32.9 Å². The molecule has 1 N–H and O–H groups in total. The first-order chi connectivity index (χ1) is 14.7. The molecule has 2 aliphatic rings. The van der Waals surface area contributed by atoms with Gasteiger partial charge in [-0.05, 0) is 19.4 Å². The Balaban J connectivity index is 1.45. The molecular weight excluding hydrogens is 382 g/mol. The molecule has 5 heterocycles. The third-order valence-corrected chi connectivity index (χ3v) is 6.13. The van der Waals surface area contributed by atoms with E-state index in [1.54, 1.807) is 12.5 Å². The van der Waals surface area contributed by atoms with Gasteiger partial charge in [-0.25, -0.2) is 9.97 Å². The fourth-order valence-electron chi connectivity index (χ4n) is 4.62. The molecule has 0 radical (unpaired) electrons. The van der Waals surface area contributed by atoms with Crippen LogP contribution in [0.5, 0.6) is 0 Å². The molecule has 2 atom stereocenters. The van der Waals surface area contributed by atoms with Crippen LogP contribution in [0.4, 0.5) is 5.82 Å². The third-order valence-electron chi connectivity index (χ3n) is 6.13. The highest BCUT2D eigenvalue weighted by Gasteiger charge is 2.37. The summed E-state index contributed by atoms with van der Waals surface area (Å²) in [6.45, 7) is 8.22. The van der Waals surface area contributed by atoms with Gasteiger partial charge in [-0.3, -0.25) is 9.48 Å². The predicted octanol–water partition coefficient (Wildman–Crippen LogP) is 1.85. The highest BCUT2D eigenvalue weighted by molar-refractivity contribution is 5.95. The Bertz CT molecular complexity index is 1060. The number of hydrogen-bond donors (Lipinski definition) is 1. The summed E-state index contributed by atoms with van der Waals surface area (Å²) < 4.78 is 7.87. The van der Waals surface area contributed by atoms with Crippen LogP contribution in [0.1, 0.15) is 29.4 Å². The number of carbonyl (C=O) groups is 1. The molecule has 0 spiro atoms. The van der Waals surface area contributed by atoms with Crippen molar-refractivity contribution in [1.29, 1.82) is 0 Å². The molecule has 30 heavy (non-hydrogen) atoms. The Labute approximate surface area is 175 Å². The van der Waals surface area contributed by atoms with Crippen molar-refractivity contribution in [2.75, 3.05) is 37.7 Å². The second-order valence-corrected chi connectivity index (χ2v) is 8.22. The van der Waals surface area contributed by atoms with Gasteiger partial charge in [-0.2, -0.15) is 5.10 Å². The zero-order valence-electron chi connectivity index (χ0n) is 17.4. The average Bonchev–Trinajstić information content (AvgIpc) is 3.24. The van der Waals surface area contributed by atoms with Gasteiger partial charge in [0.05, 0.1) is 36.4 Å². The van der Waals surface area contributed by atoms with Crippen molar-refractivity contribution < 1.29 is 9.53 Å². The Morgan fingerprint density at radius 1 is 1.27 bits per heavy atom. The quantitative estimate of drug-likeness (QED) is 0.707. The van der Waals surface area contributed by atoms with E-state index >= 15 is 0 Å². The minimum absolute atomic E-state index is 0.0421. The second kappa shape index (κ2) is 7.71. The standard InChI is InChI=1S/C21H27N7O2/c1-3-6-28-14(2)18(7-25-28)21(29)26-8-15-9-27(16(10-26)12-30-11-15)20-17-4-5-22-19(17)23-13-24-20/h4-5,7,13,15-16H,3,6,8-12H2,1-2H3,(H,22,23,24)/t15-,16-/m0/s1. The molecule has 2 aliphatic heterocycles. The van der Waals surface area contributed by atoms with Crippen LogP contribution >= 0.6 is 0 Å². The van der Waals surface area contributed by atoms with Crippen molar-refractivity contribution in [1.82, 2.24) is 29.6 Å². The molecule has 9 heteroatoms. The highest BCUT2D eigenvalue weighted by Crippen LogP contribution is 2.29. The van der Waals surface area contributed by atoms with Crippen molar-refractivity contribution in [2.24, 2.45) is 5.92 Å². The van der Waals surface area contributed by atoms with Gasteiger partial charge in [0, 0.05) is 44.0 Å². The highest BCUT2D eigenvalue weighted by atomic mass is 16.5. The van der Waals surface area contributed by atoms with Gasteiger partial charge in [0.1, 0.15) is 17.8 Å². The van der Waals surface area contributed by atoms with Gasteiger partial charge in [0.15, 0.2) is 0 Å². The summed E-state index contributed by atoms with van der Waals surface area (Å²) in [5.41, 5.74) is 2.46. The van der Waals surface area contributed by atoms with Gasteiger partial charge >= 0.3 is 0 Å². The molecule has 2 fully saturated rings. The van der Waals surface area contributed by atoms with E-state index in [1.165, 1.54) is 0 Å². The number of carbonyl (C=O) groups excluding carboxylic acids is 1. The molecule has 9 nitrogen and oxygen atoms in total. The van der Waals surface area contributed by atoms with Crippen molar-refractivity contribution in [3.8, 4) is 0 Å². The molecule has 5 rings (SSSR count). The van der Waals surface area contributed by atoms with Crippen LogP contribution in [0.2, 0.25) is 0 Å². The van der Waals surface area contributed by atoms with E-state index < -0.39 is 0 Å². The molecule has 158 valence electrons. The molecule has 2 saturated heterocycles. The second-order valence-electron chi connectivity index (χ2n) is 8.22. The lowest BCUT2D eigenvalue weighted by molar-refractivity contribution is 0.0496. The molecule has 0 aromatic carbocycles. The zero-order valence-corrected chi connectivity index (χ0v) is 17.4. The molecule has 2 bridgehead atoms. The largest absolute Gasteiger partial charge is 0.379 e. The lowest BCUT2D eigenvalue weighted by atomic mass is 10.1. The zero-order chi connectivity index (χ0) is 20.7. The van der Waals surface area contributed by atoms with E-state index in [0.717, 1.165) is 42.1 Å². The number of nitrogens with one attached hydrogen (secondary N) is 1. The first kappa shape index (κ1) is 19.0. The fourth-order valence-corrected chi connectivity index (χ4v) is 4.62. The van der Waals surface area contributed by atoms with Crippen molar-refractivity contribution >= 4 is 22.8 Å². The van der Waals surface area contributed by atoms with Crippen molar-refractivity contribution in [3.05, 3.63) is 36.0 Å². The molecular formula is C21H27N7O2. The van der Waals surface area contributed by atoms with E-state index in [-0.39, 0.29) is 17.9 Å². The Morgan fingerprint density at radius 3 is 3.03 bits per heavy atom. The molecule has 3 aromatic heterocycles. The summed E-state index contributed by atoms with van der Waals surface area (Å²) in [5, 5.41) is 5.42. The van der Waals surface area contributed by atoms with E-state index in [1.807, 2.05) is 28.8 Å². The molecule has 1 amide bonds. The van der Waals surface area contributed by atoms with E-state index in [9.17, 15) is 4.79 Å². The van der Waals surface area contributed by atoms with Gasteiger partial charge < -0.3 is 19.5 Å². The Morgan fingerprint density at radius 2 is 2.17 bits per heavy atom. The van der Waals surface area contributed by atoms with E-state index in [4.69, 9.17) is 4.74 Å². The number of anilines is 1. The van der Waals surface area contributed by atoms with Gasteiger partial charge in [-0.1, -0.05) is 6.92 Å². The van der Waals surface area contributed by atoms with Crippen LogP contribution in [-0.2, 0) is 11.3 Å². The molecule has 3 aromatic rings. The monoisotopic (exact) mass is 409 g/mol. The number of amides is 1. The van der Waals surface area contributed by atoms with Gasteiger partial charge in [-0.15, -0.1) is 0 Å². The SMILES string of the molecule is CCCn1ncc(C(=O)N2C[C@@H]3COC[C@H](C2)N(c2ncnc4[nH]ccc24)C3)c1C. The van der Waals surface area contributed by atoms with Crippen LogP contribution < -0.4 is 4.90 Å². The lowest BCUT2D eigenvalue weighted by Gasteiger charge is -2.32. The number of aromatic nitrogens is 5. The predicted molar refractivity (Wildman–Crippen MR) is 112 cm³/mol. The molecule has 0 saturated carbocycles. The number of nitrogens with zero attached hydrogens (tertiary/aromatic N) is 6. The molecule has 0 aliphatic carbocycles. The maximum absolute atomic E-state index is 13.4. The summed E-state index contributed by atoms with van der Waals surface area (Å²) in [7, 11) is 0. The van der Waals surface area contributed by atoms with E-state index in [0.29, 0.717) is 31.9 Å². The first-order valence-corrected chi connectivity index (χ1v) is 10.6. The van der Waals surface area contributed by atoms with Crippen LogP contribution in [-0.4, -0.2) is 74.4 Å². The van der Waals surface area contributed by atoms with Gasteiger partial charge in [0.25, 0.3) is 5.91 Å². The van der Waals surface area contributed by atoms with Crippen LogP contribution in [0.15, 0.2) is 24.8 Å². The van der Waals surface area contributed by atoms with E-state index in [2.05, 4.69) is 31.9 Å². The molecule has 0 unspecified atom stereocenters. The van der Waals surface area contributed by atoms with Crippen LogP contribution in [0.25, 0.3) is 11.0 Å². The number of rotatable bonds is 4. The average molecular weight is 409 g/mol. The fraction of sp³-hybridized carbons (Fsp3) is 0.524. The third kappa shape index (κ3) is 3.23. The van der Waals surface area contributed by atoms with Crippen molar-refractivity contribution in [3.63, 3.8) is 0 Å². The number of aromatic amines is 1. The van der Waals surface area contributed by atoms with Gasteiger partial charge in [0.2, 0.25) is 0 Å². The summed E-state index contributed by atoms with van der Waals surface area (Å²) in [6, 6.07) is 2.05. The number of fused-ring (bicyclic) bond motifs is 4. The maximum atomic E-state index is 13.4. The summed E-state index contributed by atoms with van der Waals surface area (Å²) in [4.78, 5) is 29.8. The number of hydrogen-bond acceptors (Lipinski definition) is 6. The minimum atomic E-state index is 0.0421. The summed E-state index contributed by atoms with van der Waals surface area (Å²) in [6.07, 6.45) is 6.19. The van der Waals surface area contributed by atoms with Crippen LogP contribution in [0, 0.1) is 12.8 Å². The Hall–Kier alpha value is -2.94. The first-order valence-electron chi connectivity index (χ1n) is 10.6. The topological polar surface area (TPSA) is 92.2 Å². The smallest absolute Gasteiger partial charge is 0.257 e. The normalized spacial score (nSPS) is 21.8. The Kier molecular flexibility index (Phi) is 4.90. The lowest BCUT2D eigenvalue weighted by Crippen LogP contribution is -2.46. The maximum Gasteiger partial charge on any atom is 0.257 e. The minimum Gasteiger partial charge on any atom is -0.379 e. The summed E-state index contributed by atoms with van der Waals surface area (Å²) >= 11 is 0. The number of ether oxygens (including phenoxy) is 1. The number of aryl methyl sites for hydroxylation is 1.